The molecule has 3 rings (SSSR count). The minimum Gasteiger partial charge on any atom is -0.423 e. The third-order valence-electron chi connectivity index (χ3n) is 4.26. The average molecular weight is 406 g/mol. The number of carbonyl (C=O) groups is 2. The summed E-state index contributed by atoms with van der Waals surface area (Å²) in [6.45, 7) is 3.91. The molecule has 0 aliphatic rings. The van der Waals surface area contributed by atoms with Gasteiger partial charge in [0, 0.05) is 22.3 Å². The van der Waals surface area contributed by atoms with Gasteiger partial charge in [-0.2, -0.15) is 0 Å². The Kier molecular flexibility index (Phi) is 6.47. The number of aryl methyl sites for hydroxylation is 2. The normalized spacial score (nSPS) is 10.7. The van der Waals surface area contributed by atoms with Crippen LogP contribution < -0.4 is 10.1 Å². The second kappa shape index (κ2) is 9.22. The summed E-state index contributed by atoms with van der Waals surface area (Å²) in [7, 11) is 0. The van der Waals surface area contributed by atoms with Crippen LogP contribution >= 0.6 is 11.6 Å². The quantitative estimate of drug-likeness (QED) is 0.330. The van der Waals surface area contributed by atoms with Crippen molar-refractivity contribution in [2.45, 2.75) is 13.8 Å². The van der Waals surface area contributed by atoms with E-state index in [4.69, 9.17) is 16.3 Å². The van der Waals surface area contributed by atoms with E-state index in [1.165, 1.54) is 6.08 Å². The fourth-order valence-electron chi connectivity index (χ4n) is 2.63. The number of amides is 1. The third-order valence-corrected chi connectivity index (χ3v) is 4.51. The molecule has 0 aliphatic carbocycles. The third kappa shape index (κ3) is 5.80. The van der Waals surface area contributed by atoms with Gasteiger partial charge in [-0.05, 0) is 79.1 Å². The monoisotopic (exact) mass is 405 g/mol. The number of anilines is 1. The van der Waals surface area contributed by atoms with Crippen LogP contribution in [-0.4, -0.2) is 11.9 Å². The molecule has 146 valence electrons. The van der Waals surface area contributed by atoms with Crippen LogP contribution in [0.3, 0.4) is 0 Å². The average Bonchev–Trinajstić information content (AvgIpc) is 2.71. The highest BCUT2D eigenvalue weighted by atomic mass is 35.5. The number of carbonyl (C=O) groups excluding carboxylic acids is 2. The van der Waals surface area contributed by atoms with Crippen molar-refractivity contribution in [3.05, 3.63) is 100 Å². The van der Waals surface area contributed by atoms with Crippen molar-refractivity contribution < 1.29 is 14.3 Å². The van der Waals surface area contributed by atoms with E-state index in [-0.39, 0.29) is 5.91 Å². The molecule has 29 heavy (non-hydrogen) atoms. The molecule has 0 aromatic heterocycles. The highest BCUT2D eigenvalue weighted by Gasteiger charge is 2.09. The second-order valence-corrected chi connectivity index (χ2v) is 7.04. The van der Waals surface area contributed by atoms with Crippen molar-refractivity contribution in [2.75, 3.05) is 5.32 Å². The number of rotatable bonds is 5. The molecular formula is C24H20ClNO3. The molecule has 0 spiro atoms. The first-order valence-corrected chi connectivity index (χ1v) is 9.42. The fraction of sp³-hybridized carbons (Fsp3) is 0.0833. The number of nitrogens with one attached hydrogen (secondary N) is 1. The largest absolute Gasteiger partial charge is 0.423 e. The second-order valence-electron chi connectivity index (χ2n) is 6.60. The maximum Gasteiger partial charge on any atom is 0.336 e. The lowest BCUT2D eigenvalue weighted by Gasteiger charge is -2.10. The number of esters is 1. The van der Waals surface area contributed by atoms with Crippen LogP contribution in [0.15, 0.2) is 72.8 Å². The molecule has 0 saturated heterocycles. The molecule has 4 nitrogen and oxygen atoms in total. The van der Waals surface area contributed by atoms with Crippen molar-refractivity contribution in [1.29, 1.82) is 0 Å². The predicted octanol–water partition coefficient (Wildman–Crippen LogP) is 5.83. The Labute approximate surface area is 174 Å². The molecule has 5 heteroatoms. The van der Waals surface area contributed by atoms with Crippen LogP contribution in [0.2, 0.25) is 5.02 Å². The van der Waals surface area contributed by atoms with Gasteiger partial charge in [-0.1, -0.05) is 35.9 Å². The molecule has 0 atom stereocenters. The Hall–Kier alpha value is -3.37. The summed E-state index contributed by atoms with van der Waals surface area (Å²) in [5, 5.41) is 3.53. The Morgan fingerprint density at radius 2 is 1.62 bits per heavy atom. The number of hydrogen-bond acceptors (Lipinski definition) is 3. The molecule has 3 aromatic carbocycles. The van der Waals surface area contributed by atoms with Gasteiger partial charge in [-0.15, -0.1) is 0 Å². The van der Waals surface area contributed by atoms with Gasteiger partial charge in [0.05, 0.1) is 0 Å². The van der Waals surface area contributed by atoms with E-state index in [0.717, 1.165) is 22.4 Å². The minimum absolute atomic E-state index is 0.223. The van der Waals surface area contributed by atoms with E-state index in [1.54, 1.807) is 54.6 Å². The number of benzene rings is 3. The molecular weight excluding hydrogens is 386 g/mol. The maximum atomic E-state index is 12.5. The molecule has 0 aliphatic heterocycles. The molecule has 1 amide bonds. The number of ether oxygens (including phenoxy) is 1. The summed E-state index contributed by atoms with van der Waals surface area (Å²) in [6, 6.07) is 19.4. The lowest BCUT2D eigenvalue weighted by atomic mass is 10.1. The number of halogens is 1. The number of hydrogen-bond donors (Lipinski definition) is 1. The molecule has 0 saturated carbocycles. The first kappa shape index (κ1) is 20.4. The van der Waals surface area contributed by atoms with Crippen LogP contribution in [-0.2, 0) is 4.79 Å². The maximum absolute atomic E-state index is 12.5. The van der Waals surface area contributed by atoms with Gasteiger partial charge in [-0.3, -0.25) is 4.79 Å². The Balaban J connectivity index is 1.60. The van der Waals surface area contributed by atoms with Gasteiger partial charge in [-0.25, -0.2) is 4.79 Å². The van der Waals surface area contributed by atoms with Gasteiger partial charge in [0.25, 0.3) is 5.91 Å². The predicted molar refractivity (Wildman–Crippen MR) is 116 cm³/mol. The van der Waals surface area contributed by atoms with Crippen molar-refractivity contribution in [2.24, 2.45) is 0 Å². The molecule has 0 fully saturated rings. The lowest BCUT2D eigenvalue weighted by molar-refractivity contribution is -0.128. The molecule has 0 heterocycles. The minimum atomic E-state index is -0.507. The first-order chi connectivity index (χ1) is 13.9. The summed E-state index contributed by atoms with van der Waals surface area (Å²) in [6.07, 6.45) is 2.98. The zero-order chi connectivity index (χ0) is 20.8. The highest BCUT2D eigenvalue weighted by Crippen LogP contribution is 2.19. The Morgan fingerprint density at radius 1 is 0.931 bits per heavy atom. The molecule has 1 N–H and O–H groups in total. The summed E-state index contributed by atoms with van der Waals surface area (Å²) in [4.78, 5) is 24.4. The van der Waals surface area contributed by atoms with Crippen LogP contribution in [0.25, 0.3) is 6.08 Å². The van der Waals surface area contributed by atoms with Crippen molar-refractivity contribution in [1.82, 2.24) is 0 Å². The van der Waals surface area contributed by atoms with Crippen molar-refractivity contribution in [3.8, 4) is 5.75 Å². The molecule has 0 unspecified atom stereocenters. The van der Waals surface area contributed by atoms with Gasteiger partial charge in [0.15, 0.2) is 0 Å². The summed E-state index contributed by atoms with van der Waals surface area (Å²) in [5.41, 5.74) is 4.15. The standard InChI is InChI=1S/C24H20ClNO3/c1-16-3-4-17(2)22(15-16)26-24(28)19-8-12-21(13-9-19)29-23(27)14-7-18-5-10-20(25)11-6-18/h3-15H,1-2H3,(H,26,28)/b14-7+. The smallest absolute Gasteiger partial charge is 0.336 e. The summed E-state index contributed by atoms with van der Waals surface area (Å²) < 4.78 is 5.26. The van der Waals surface area contributed by atoms with Crippen LogP contribution in [0.1, 0.15) is 27.0 Å². The lowest BCUT2D eigenvalue weighted by Crippen LogP contribution is -2.13. The molecule has 0 bridgehead atoms. The van der Waals surface area contributed by atoms with Gasteiger partial charge < -0.3 is 10.1 Å². The SMILES string of the molecule is Cc1ccc(C)c(NC(=O)c2ccc(OC(=O)/C=C/c3ccc(Cl)cc3)cc2)c1. The van der Waals surface area contributed by atoms with E-state index < -0.39 is 5.97 Å². The van der Waals surface area contributed by atoms with E-state index in [2.05, 4.69) is 5.32 Å². The van der Waals surface area contributed by atoms with E-state index in [1.807, 2.05) is 32.0 Å². The molecule has 0 radical (unpaired) electrons. The van der Waals surface area contributed by atoms with Crippen molar-refractivity contribution >= 4 is 35.2 Å². The van der Waals surface area contributed by atoms with Crippen LogP contribution in [0.5, 0.6) is 5.75 Å². The van der Waals surface area contributed by atoms with Crippen LogP contribution in [0, 0.1) is 13.8 Å². The summed E-state index contributed by atoms with van der Waals surface area (Å²) >= 11 is 5.83. The highest BCUT2D eigenvalue weighted by molar-refractivity contribution is 6.30. The zero-order valence-electron chi connectivity index (χ0n) is 16.1. The Bertz CT molecular complexity index is 1050. The van der Waals surface area contributed by atoms with E-state index in [9.17, 15) is 9.59 Å². The first-order valence-electron chi connectivity index (χ1n) is 9.05. The Morgan fingerprint density at radius 3 is 2.31 bits per heavy atom. The van der Waals surface area contributed by atoms with Gasteiger partial charge in [0.1, 0.15) is 5.75 Å². The topological polar surface area (TPSA) is 55.4 Å². The van der Waals surface area contributed by atoms with E-state index in [0.29, 0.717) is 16.3 Å². The molecule has 3 aromatic rings. The van der Waals surface area contributed by atoms with Gasteiger partial charge in [0.2, 0.25) is 0 Å². The summed E-state index contributed by atoms with van der Waals surface area (Å²) in [5.74, 6) is -0.370. The van der Waals surface area contributed by atoms with Crippen molar-refractivity contribution in [3.63, 3.8) is 0 Å². The van der Waals surface area contributed by atoms with E-state index >= 15 is 0 Å². The zero-order valence-corrected chi connectivity index (χ0v) is 16.9. The fourth-order valence-corrected chi connectivity index (χ4v) is 2.75. The van der Waals surface area contributed by atoms with Gasteiger partial charge >= 0.3 is 5.97 Å². The van der Waals surface area contributed by atoms with Crippen LogP contribution in [0.4, 0.5) is 5.69 Å².